The zero-order valence-electron chi connectivity index (χ0n) is 15.7. The Labute approximate surface area is 174 Å². The van der Waals surface area contributed by atoms with Gasteiger partial charge in [-0.25, -0.2) is 0 Å². The Bertz CT molecular complexity index is 282. The summed E-state index contributed by atoms with van der Waals surface area (Å²) in [6.07, 6.45) is 8.80. The first kappa shape index (κ1) is 29.4. The fraction of sp³-hybridized carbons (Fsp3) is 1.00. The van der Waals surface area contributed by atoms with Gasteiger partial charge in [0.25, 0.3) is 0 Å². The Hall–Kier alpha value is 1.64. The smallest absolute Gasteiger partial charge is 0.799 e. The molecule has 4 nitrogen and oxygen atoms in total. The van der Waals surface area contributed by atoms with Crippen LogP contribution in [0.2, 0.25) is 0 Å². The molecule has 136 valence electrons. The van der Waals surface area contributed by atoms with Crippen molar-refractivity contribution in [2.24, 2.45) is 0 Å². The first-order valence-corrected chi connectivity index (χ1v) is 12.8. The fourth-order valence-electron chi connectivity index (χ4n) is 1.82. The molecule has 0 radical (unpaired) electrons. The average molecular weight is 394 g/mol. The Morgan fingerprint density at radius 3 is 0.870 bits per heavy atom. The molecule has 0 aromatic heterocycles. The van der Waals surface area contributed by atoms with Crippen LogP contribution in [0.3, 0.4) is 0 Å². The van der Waals surface area contributed by atoms with Crippen LogP contribution in [0.25, 0.3) is 0 Å². The third kappa shape index (κ3) is 23.6. The normalized spacial score (nSPS) is 11.4. The van der Waals surface area contributed by atoms with Crippen LogP contribution in [0.1, 0.15) is 79.1 Å². The minimum Gasteiger partial charge on any atom is -0.799 e. The predicted molar refractivity (Wildman–Crippen MR) is 100 cm³/mol. The molecule has 0 saturated carbocycles. The van der Waals surface area contributed by atoms with Crippen molar-refractivity contribution < 1.29 is 18.9 Å². The van der Waals surface area contributed by atoms with Gasteiger partial charge in [0.2, 0.25) is 0 Å². The number of hydrogen-bond acceptors (Lipinski definition) is 4. The molecule has 0 saturated heterocycles. The Balaban J connectivity index is -0.000000333. The van der Waals surface area contributed by atoms with Gasteiger partial charge in [0.05, 0.1) is 0 Å². The summed E-state index contributed by atoms with van der Waals surface area (Å²) in [7, 11) is -5.95. The second-order valence-corrected chi connectivity index (χ2v) is 11.0. The van der Waals surface area contributed by atoms with E-state index in [0.717, 1.165) is 51.4 Å². The molecular weight excluding hydrogens is 358 g/mol. The van der Waals surface area contributed by atoms with Gasteiger partial charge >= 0.3 is 37.7 Å². The Kier molecular flexibility index (Phi) is 23.6. The quantitative estimate of drug-likeness (QED) is 0.369. The van der Waals surface area contributed by atoms with Gasteiger partial charge in [-0.2, -0.15) is 0 Å². The van der Waals surface area contributed by atoms with Crippen LogP contribution in [-0.2, 0) is 9.13 Å². The van der Waals surface area contributed by atoms with E-state index in [1.807, 2.05) is 27.7 Å². The van der Waals surface area contributed by atoms with Gasteiger partial charge in [-0.15, -0.1) is 0 Å². The van der Waals surface area contributed by atoms with E-state index in [2.05, 4.69) is 0 Å². The largest absolute Gasteiger partial charge is 2.00 e. The average Bonchev–Trinajstić information content (AvgIpc) is 2.48. The second-order valence-electron chi connectivity index (χ2n) is 5.94. The topological polar surface area (TPSA) is 80.3 Å². The molecule has 0 fully saturated rings. The third-order valence-electron chi connectivity index (χ3n) is 3.41. The minimum atomic E-state index is -2.98. The molecule has 0 bridgehead atoms. The number of hydrogen-bond donors (Lipinski definition) is 0. The van der Waals surface area contributed by atoms with E-state index in [4.69, 9.17) is 0 Å². The van der Waals surface area contributed by atoms with Crippen LogP contribution in [0.4, 0.5) is 0 Å². The van der Waals surface area contributed by atoms with Crippen LogP contribution in [0.5, 0.6) is 0 Å². The van der Waals surface area contributed by atoms with Crippen molar-refractivity contribution in [3.05, 3.63) is 0 Å². The third-order valence-corrected chi connectivity index (χ3v) is 7.40. The summed E-state index contributed by atoms with van der Waals surface area (Å²) in [4.78, 5) is 22.4. The molecule has 0 rings (SSSR count). The van der Waals surface area contributed by atoms with Crippen molar-refractivity contribution in [1.82, 2.24) is 0 Å². The maximum absolute atomic E-state index is 11.2. The van der Waals surface area contributed by atoms with E-state index in [1.54, 1.807) is 0 Å². The van der Waals surface area contributed by atoms with E-state index < -0.39 is 14.7 Å². The van der Waals surface area contributed by atoms with Gasteiger partial charge in [-0.05, 0) is 50.3 Å². The van der Waals surface area contributed by atoms with E-state index in [-0.39, 0.29) is 37.7 Å². The number of unbranched alkanes of at least 4 members (excludes halogenated alkanes) is 4. The van der Waals surface area contributed by atoms with E-state index in [1.165, 1.54) is 0 Å². The predicted octanol–water partition coefficient (Wildman–Crippen LogP) is 4.07. The zero-order valence-corrected chi connectivity index (χ0v) is 19.7. The first-order valence-electron chi connectivity index (χ1n) is 8.82. The van der Waals surface area contributed by atoms with Crippen molar-refractivity contribution in [2.45, 2.75) is 79.1 Å². The standard InChI is InChI=1S/2C8H19O2P.Ca/c2*1-3-5-7-11(9,10)8-6-4-2;/h2*3-8H2,1-2H3,(H,9,10);/q;;+2/p-2. The monoisotopic (exact) mass is 394 g/mol. The molecule has 0 heterocycles. The van der Waals surface area contributed by atoms with Crippen molar-refractivity contribution >= 4 is 52.5 Å². The van der Waals surface area contributed by atoms with Crippen molar-refractivity contribution in [1.29, 1.82) is 0 Å². The molecule has 7 heteroatoms. The molecule has 0 N–H and O–H groups in total. The molecule has 0 unspecified atom stereocenters. The van der Waals surface area contributed by atoms with E-state index in [9.17, 15) is 18.9 Å². The molecule has 0 spiro atoms. The summed E-state index contributed by atoms with van der Waals surface area (Å²) in [5.74, 6) is 0. The van der Waals surface area contributed by atoms with Gasteiger partial charge in [-0.1, -0.05) is 53.4 Å². The molecule has 0 amide bonds. The minimum absolute atomic E-state index is 0. The van der Waals surface area contributed by atoms with Crippen molar-refractivity contribution in [3.63, 3.8) is 0 Å². The van der Waals surface area contributed by atoms with Crippen LogP contribution >= 0.6 is 14.7 Å². The first-order chi connectivity index (χ1) is 10.2. The Morgan fingerprint density at radius 1 is 0.565 bits per heavy atom. The summed E-state index contributed by atoms with van der Waals surface area (Å²) in [5, 5.41) is 0. The van der Waals surface area contributed by atoms with Crippen molar-refractivity contribution in [3.8, 4) is 0 Å². The summed E-state index contributed by atoms with van der Waals surface area (Å²) in [6.45, 7) is 8.05. The van der Waals surface area contributed by atoms with Crippen LogP contribution in [0.15, 0.2) is 0 Å². The van der Waals surface area contributed by atoms with Gasteiger partial charge in [0.1, 0.15) is 0 Å². The molecule has 0 aliphatic heterocycles. The second kappa shape index (κ2) is 18.4. The SMILES string of the molecule is CCCCP(=O)([O-])CCCC.CCCCP(=O)([O-])CCCC.[Ca+2]. The molecule has 0 aliphatic rings. The maximum atomic E-state index is 11.2. The van der Waals surface area contributed by atoms with Crippen LogP contribution in [-0.4, -0.2) is 62.4 Å². The maximum Gasteiger partial charge on any atom is 2.00 e. The van der Waals surface area contributed by atoms with Gasteiger partial charge in [0, 0.05) is 14.7 Å². The molecule has 0 aromatic carbocycles. The van der Waals surface area contributed by atoms with Gasteiger partial charge < -0.3 is 18.9 Å². The molecule has 0 aromatic rings. The van der Waals surface area contributed by atoms with Crippen molar-refractivity contribution in [2.75, 3.05) is 24.6 Å². The summed E-state index contributed by atoms with van der Waals surface area (Å²) < 4.78 is 22.4. The zero-order chi connectivity index (χ0) is 17.5. The molecule has 0 atom stereocenters. The van der Waals surface area contributed by atoms with Gasteiger partial charge in [-0.3, -0.25) is 0 Å². The van der Waals surface area contributed by atoms with Gasteiger partial charge in [0.15, 0.2) is 0 Å². The number of rotatable bonds is 12. The summed E-state index contributed by atoms with van der Waals surface area (Å²) in [6, 6.07) is 0. The Morgan fingerprint density at radius 2 is 0.739 bits per heavy atom. The molecular formula is C16H36CaO4P2. The molecule has 0 aliphatic carbocycles. The fourth-order valence-corrected chi connectivity index (χ4v) is 5.46. The van der Waals surface area contributed by atoms with E-state index in [0.29, 0.717) is 24.6 Å². The summed E-state index contributed by atoms with van der Waals surface area (Å²) in [5.41, 5.74) is 0. The van der Waals surface area contributed by atoms with Crippen LogP contribution < -0.4 is 9.79 Å². The summed E-state index contributed by atoms with van der Waals surface area (Å²) >= 11 is 0. The van der Waals surface area contributed by atoms with Crippen LogP contribution in [0, 0.1) is 0 Å². The van der Waals surface area contributed by atoms with E-state index >= 15 is 0 Å². The molecule has 23 heavy (non-hydrogen) atoms.